The Morgan fingerprint density at radius 3 is 2.75 bits per heavy atom. The molecule has 1 aliphatic carbocycles. The lowest BCUT2D eigenvalue weighted by atomic mass is 9.88. The average Bonchev–Trinajstić information content (AvgIpc) is 2.57. The van der Waals surface area contributed by atoms with Gasteiger partial charge in [-0.15, -0.1) is 0 Å². The molecule has 0 fully saturated rings. The molecule has 0 spiro atoms. The van der Waals surface area contributed by atoms with Gasteiger partial charge in [0.15, 0.2) is 0 Å². The molecular weight excluding hydrogens is 322 g/mol. The molecule has 1 atom stereocenters. The number of hydrogen-bond acceptors (Lipinski definition) is 3. The molecular formula is C19H23NO3S. The Morgan fingerprint density at radius 2 is 2.00 bits per heavy atom. The SMILES string of the molecule is CCOc1ccc(S(=O)(=O)NC2CCCc3ccccc32)cc1C. The predicted octanol–water partition coefficient (Wildman–Crippen LogP) is 3.75. The minimum Gasteiger partial charge on any atom is -0.494 e. The topological polar surface area (TPSA) is 55.4 Å². The van der Waals surface area contributed by atoms with Gasteiger partial charge in [0.2, 0.25) is 10.0 Å². The second kappa shape index (κ2) is 6.95. The molecule has 1 N–H and O–H groups in total. The van der Waals surface area contributed by atoms with Crippen LogP contribution in [0.2, 0.25) is 0 Å². The summed E-state index contributed by atoms with van der Waals surface area (Å²) in [5.74, 6) is 0.722. The van der Waals surface area contributed by atoms with Crippen LogP contribution in [0.25, 0.3) is 0 Å². The van der Waals surface area contributed by atoms with E-state index in [1.54, 1.807) is 18.2 Å². The Morgan fingerprint density at radius 1 is 1.21 bits per heavy atom. The molecule has 0 aliphatic heterocycles. The van der Waals surface area contributed by atoms with Gasteiger partial charge in [0.25, 0.3) is 0 Å². The average molecular weight is 345 g/mol. The van der Waals surface area contributed by atoms with Crippen LogP contribution in [0.1, 0.15) is 42.5 Å². The van der Waals surface area contributed by atoms with E-state index in [1.165, 1.54) is 5.56 Å². The number of sulfonamides is 1. The van der Waals surface area contributed by atoms with E-state index in [9.17, 15) is 8.42 Å². The summed E-state index contributed by atoms with van der Waals surface area (Å²) in [4.78, 5) is 0.284. The summed E-state index contributed by atoms with van der Waals surface area (Å²) < 4.78 is 33.9. The molecule has 3 rings (SSSR count). The van der Waals surface area contributed by atoms with Crippen LogP contribution in [0.5, 0.6) is 5.75 Å². The van der Waals surface area contributed by atoms with Gasteiger partial charge in [-0.2, -0.15) is 0 Å². The first-order valence-electron chi connectivity index (χ1n) is 8.35. The van der Waals surface area contributed by atoms with Crippen molar-refractivity contribution in [2.24, 2.45) is 0 Å². The molecule has 1 aliphatic rings. The van der Waals surface area contributed by atoms with Crippen molar-refractivity contribution in [2.45, 2.75) is 44.0 Å². The lowest BCUT2D eigenvalue weighted by molar-refractivity contribution is 0.337. The van der Waals surface area contributed by atoms with Crippen molar-refractivity contribution >= 4 is 10.0 Å². The predicted molar refractivity (Wildman–Crippen MR) is 94.8 cm³/mol. The minimum atomic E-state index is -3.56. The fourth-order valence-electron chi connectivity index (χ4n) is 3.24. The van der Waals surface area contributed by atoms with Gasteiger partial charge in [-0.3, -0.25) is 0 Å². The third-order valence-corrected chi connectivity index (χ3v) is 5.89. The molecule has 24 heavy (non-hydrogen) atoms. The first-order valence-corrected chi connectivity index (χ1v) is 9.83. The zero-order valence-electron chi connectivity index (χ0n) is 14.1. The maximum atomic E-state index is 12.8. The van der Waals surface area contributed by atoms with Gasteiger partial charge in [0, 0.05) is 6.04 Å². The molecule has 2 aromatic rings. The van der Waals surface area contributed by atoms with E-state index in [0.29, 0.717) is 6.61 Å². The third-order valence-electron chi connectivity index (χ3n) is 4.42. The van der Waals surface area contributed by atoms with Gasteiger partial charge in [-0.1, -0.05) is 24.3 Å². The smallest absolute Gasteiger partial charge is 0.241 e. The van der Waals surface area contributed by atoms with Crippen LogP contribution in [0.4, 0.5) is 0 Å². The van der Waals surface area contributed by atoms with Gasteiger partial charge in [0.1, 0.15) is 5.75 Å². The maximum absolute atomic E-state index is 12.8. The van der Waals surface area contributed by atoms with E-state index < -0.39 is 10.0 Å². The van der Waals surface area contributed by atoms with Crippen LogP contribution in [0.15, 0.2) is 47.4 Å². The number of fused-ring (bicyclic) bond motifs is 1. The highest BCUT2D eigenvalue weighted by molar-refractivity contribution is 7.89. The number of ether oxygens (including phenoxy) is 1. The highest BCUT2D eigenvalue weighted by atomic mass is 32.2. The fourth-order valence-corrected chi connectivity index (χ4v) is 4.57. The molecule has 2 aromatic carbocycles. The van der Waals surface area contributed by atoms with Crippen molar-refractivity contribution in [1.82, 2.24) is 4.72 Å². The van der Waals surface area contributed by atoms with Crippen LogP contribution >= 0.6 is 0 Å². The molecule has 0 amide bonds. The number of hydrogen-bond donors (Lipinski definition) is 1. The molecule has 5 heteroatoms. The third kappa shape index (κ3) is 3.47. The van der Waals surface area contributed by atoms with Crippen LogP contribution in [0, 0.1) is 6.92 Å². The Bertz CT molecular complexity index is 830. The Hall–Kier alpha value is -1.85. The second-order valence-corrected chi connectivity index (χ2v) is 7.84. The van der Waals surface area contributed by atoms with Gasteiger partial charge >= 0.3 is 0 Å². The minimum absolute atomic E-state index is 0.160. The van der Waals surface area contributed by atoms with Gasteiger partial charge < -0.3 is 4.74 Å². The first-order chi connectivity index (χ1) is 11.5. The van der Waals surface area contributed by atoms with Crippen LogP contribution < -0.4 is 9.46 Å². The van der Waals surface area contributed by atoms with Gasteiger partial charge in [0.05, 0.1) is 11.5 Å². The molecule has 128 valence electrons. The number of benzene rings is 2. The number of aryl methyl sites for hydroxylation is 2. The molecule has 0 saturated carbocycles. The summed E-state index contributed by atoms with van der Waals surface area (Å²) in [5.41, 5.74) is 3.15. The molecule has 4 nitrogen and oxygen atoms in total. The lowest BCUT2D eigenvalue weighted by Crippen LogP contribution is -2.31. The highest BCUT2D eigenvalue weighted by Gasteiger charge is 2.25. The molecule has 0 radical (unpaired) electrons. The Balaban J connectivity index is 1.86. The van der Waals surface area contributed by atoms with Crippen molar-refractivity contribution < 1.29 is 13.2 Å². The van der Waals surface area contributed by atoms with Crippen LogP contribution in [-0.2, 0) is 16.4 Å². The van der Waals surface area contributed by atoms with Crippen molar-refractivity contribution in [1.29, 1.82) is 0 Å². The first kappa shape index (κ1) is 17.0. The monoisotopic (exact) mass is 345 g/mol. The van der Waals surface area contributed by atoms with E-state index in [1.807, 2.05) is 32.0 Å². The molecule has 1 unspecified atom stereocenters. The summed E-state index contributed by atoms with van der Waals surface area (Å²) in [7, 11) is -3.56. The molecule has 0 saturated heterocycles. The van der Waals surface area contributed by atoms with Crippen LogP contribution in [-0.4, -0.2) is 15.0 Å². The second-order valence-electron chi connectivity index (χ2n) is 6.13. The number of rotatable bonds is 5. The summed E-state index contributed by atoms with van der Waals surface area (Å²) in [6.45, 7) is 4.33. The summed E-state index contributed by atoms with van der Waals surface area (Å²) in [6.07, 6.45) is 2.83. The Kier molecular flexibility index (Phi) is 4.92. The number of nitrogens with one attached hydrogen (secondary N) is 1. The van der Waals surface area contributed by atoms with Crippen molar-refractivity contribution in [3.05, 3.63) is 59.2 Å². The summed E-state index contributed by atoms with van der Waals surface area (Å²) in [5, 5.41) is 0. The van der Waals surface area contributed by atoms with Crippen molar-refractivity contribution in [3.8, 4) is 5.75 Å². The highest BCUT2D eigenvalue weighted by Crippen LogP contribution is 2.31. The lowest BCUT2D eigenvalue weighted by Gasteiger charge is -2.26. The van der Waals surface area contributed by atoms with Gasteiger partial charge in [-0.05, 0) is 68.0 Å². The van der Waals surface area contributed by atoms with Crippen LogP contribution in [0.3, 0.4) is 0 Å². The van der Waals surface area contributed by atoms with E-state index >= 15 is 0 Å². The van der Waals surface area contributed by atoms with Gasteiger partial charge in [-0.25, -0.2) is 13.1 Å². The quantitative estimate of drug-likeness (QED) is 0.898. The van der Waals surface area contributed by atoms with Crippen molar-refractivity contribution in [3.63, 3.8) is 0 Å². The van der Waals surface area contributed by atoms with E-state index in [2.05, 4.69) is 10.8 Å². The molecule has 0 aromatic heterocycles. The van der Waals surface area contributed by atoms with E-state index in [0.717, 1.165) is 36.1 Å². The Labute approximate surface area is 143 Å². The van der Waals surface area contributed by atoms with E-state index in [4.69, 9.17) is 4.74 Å². The summed E-state index contributed by atoms with van der Waals surface area (Å²) in [6, 6.07) is 12.9. The zero-order valence-corrected chi connectivity index (χ0v) is 14.9. The summed E-state index contributed by atoms with van der Waals surface area (Å²) >= 11 is 0. The van der Waals surface area contributed by atoms with E-state index in [-0.39, 0.29) is 10.9 Å². The fraction of sp³-hybridized carbons (Fsp3) is 0.368. The molecule has 0 bridgehead atoms. The zero-order chi connectivity index (χ0) is 17.2. The molecule has 0 heterocycles. The normalized spacial score (nSPS) is 17.3. The standard InChI is InChI=1S/C19H23NO3S/c1-3-23-19-12-11-16(13-14(19)2)24(21,22)20-18-10-6-8-15-7-4-5-9-17(15)18/h4-5,7,9,11-13,18,20H,3,6,8,10H2,1-2H3. The maximum Gasteiger partial charge on any atom is 0.241 e. The largest absolute Gasteiger partial charge is 0.494 e. The van der Waals surface area contributed by atoms with Crippen molar-refractivity contribution in [2.75, 3.05) is 6.61 Å².